The lowest BCUT2D eigenvalue weighted by atomic mass is 10.2. The summed E-state index contributed by atoms with van der Waals surface area (Å²) in [5.74, 6) is -0.278. The van der Waals surface area contributed by atoms with E-state index in [1.54, 1.807) is 0 Å². The van der Waals surface area contributed by atoms with E-state index in [2.05, 4.69) is 25.6 Å². The van der Waals surface area contributed by atoms with E-state index >= 15 is 0 Å². The molecule has 0 spiro atoms. The Labute approximate surface area is 73.8 Å². The van der Waals surface area contributed by atoms with E-state index in [1.165, 1.54) is 0 Å². The Morgan fingerprint density at radius 2 is 2.62 bits per heavy atom. The van der Waals surface area contributed by atoms with E-state index in [4.69, 9.17) is 4.74 Å². The summed E-state index contributed by atoms with van der Waals surface area (Å²) in [6.07, 6.45) is 1.21. The second-order valence-corrected chi connectivity index (χ2v) is 2.66. The van der Waals surface area contributed by atoms with Crippen molar-refractivity contribution < 1.29 is 9.84 Å². The number of hydrogen-bond donors (Lipinski definition) is 1. The number of rotatable bonds is 2. The minimum Gasteiger partial charge on any atom is -0.860 e. The second-order valence-electron chi connectivity index (χ2n) is 2.66. The molecule has 1 atom stereocenters. The number of nitrogens with one attached hydrogen (secondary N) is 1. The molecule has 1 N–H and O–H groups in total. The highest BCUT2D eigenvalue weighted by Crippen LogP contribution is 2.12. The number of aromatic nitrogens is 4. The summed E-state index contributed by atoms with van der Waals surface area (Å²) >= 11 is 0. The van der Waals surface area contributed by atoms with Crippen molar-refractivity contribution in [2.24, 2.45) is 4.99 Å². The highest BCUT2D eigenvalue weighted by Gasteiger charge is 2.15. The van der Waals surface area contributed by atoms with Crippen LogP contribution in [-0.2, 0) is 4.74 Å². The Kier molecular flexibility index (Phi) is 2.17. The topological polar surface area (TPSA) is 99.1 Å². The summed E-state index contributed by atoms with van der Waals surface area (Å²) in [5.41, 5.74) is 0. The molecule has 1 saturated heterocycles. The minimum absolute atomic E-state index is 0.0560. The first-order chi connectivity index (χ1) is 6.36. The lowest BCUT2D eigenvalue weighted by Crippen LogP contribution is -2.31. The maximum atomic E-state index is 11.3. The Morgan fingerprint density at radius 1 is 1.69 bits per heavy atom. The molecule has 0 radical (unpaired) electrons. The minimum atomic E-state index is -0.418. The van der Waals surface area contributed by atoms with E-state index in [-0.39, 0.29) is 11.8 Å². The van der Waals surface area contributed by atoms with Gasteiger partial charge in [-0.3, -0.25) is 0 Å². The summed E-state index contributed by atoms with van der Waals surface area (Å²) < 4.78 is 5.13. The van der Waals surface area contributed by atoms with Crippen LogP contribution in [0.3, 0.4) is 0 Å². The van der Waals surface area contributed by atoms with Crippen molar-refractivity contribution in [3.05, 3.63) is 0 Å². The molecule has 1 aliphatic rings. The smallest absolute Gasteiger partial charge is 0.288 e. The zero-order valence-electron chi connectivity index (χ0n) is 6.80. The van der Waals surface area contributed by atoms with Gasteiger partial charge in [0.25, 0.3) is 5.95 Å². The first kappa shape index (κ1) is 8.11. The Hall–Kier alpha value is -1.50. The normalized spacial score (nSPS) is 23.7. The van der Waals surface area contributed by atoms with Gasteiger partial charge in [0.05, 0.1) is 6.10 Å². The van der Waals surface area contributed by atoms with Crippen molar-refractivity contribution in [3.8, 4) is 0 Å². The maximum absolute atomic E-state index is 11.3. The molecule has 13 heavy (non-hydrogen) atoms. The van der Waals surface area contributed by atoms with Crippen LogP contribution in [0.25, 0.3) is 0 Å². The Morgan fingerprint density at radius 3 is 3.23 bits per heavy atom. The van der Waals surface area contributed by atoms with Gasteiger partial charge in [0, 0.05) is 6.61 Å². The zero-order chi connectivity index (χ0) is 9.10. The van der Waals surface area contributed by atoms with E-state index in [9.17, 15) is 5.11 Å². The Balaban J connectivity index is 2.07. The molecule has 1 aliphatic heterocycles. The van der Waals surface area contributed by atoms with Gasteiger partial charge in [0.15, 0.2) is 0 Å². The SMILES string of the molecule is [O-]C(=Nc1nn[nH]n1)[C@@H]1CCCO1. The van der Waals surface area contributed by atoms with Crippen LogP contribution in [-0.4, -0.2) is 39.2 Å². The highest BCUT2D eigenvalue weighted by atomic mass is 16.5. The number of hydrogen-bond acceptors (Lipinski definition) is 6. The molecule has 1 aromatic heterocycles. The van der Waals surface area contributed by atoms with Gasteiger partial charge < -0.3 is 9.84 Å². The molecule has 7 nitrogen and oxygen atoms in total. The van der Waals surface area contributed by atoms with E-state index in [1.807, 2.05) is 0 Å². The van der Waals surface area contributed by atoms with Gasteiger partial charge in [-0.15, -0.1) is 5.10 Å². The molecule has 1 aromatic rings. The van der Waals surface area contributed by atoms with Gasteiger partial charge in [0.2, 0.25) is 0 Å². The Bertz CT molecular complexity index is 290. The van der Waals surface area contributed by atoms with Crippen molar-refractivity contribution in [3.63, 3.8) is 0 Å². The molecule has 2 rings (SSSR count). The third kappa shape index (κ3) is 1.81. The molecule has 1 fully saturated rings. The van der Waals surface area contributed by atoms with Gasteiger partial charge in [-0.1, -0.05) is 5.10 Å². The average molecular weight is 182 g/mol. The highest BCUT2D eigenvalue weighted by molar-refractivity contribution is 5.78. The van der Waals surface area contributed by atoms with E-state index < -0.39 is 6.10 Å². The molecular formula is C6H8N5O2-. The van der Waals surface area contributed by atoms with Crippen LogP contribution in [0.2, 0.25) is 0 Å². The van der Waals surface area contributed by atoms with Crippen LogP contribution in [0.15, 0.2) is 4.99 Å². The van der Waals surface area contributed by atoms with Crippen LogP contribution in [0.1, 0.15) is 12.8 Å². The molecule has 70 valence electrons. The summed E-state index contributed by atoms with van der Waals surface area (Å²) in [6, 6.07) is 0. The lowest BCUT2D eigenvalue weighted by Gasteiger charge is -2.15. The number of aromatic amines is 1. The quantitative estimate of drug-likeness (QED) is 0.456. The first-order valence-corrected chi connectivity index (χ1v) is 3.97. The van der Waals surface area contributed by atoms with Gasteiger partial charge in [0.1, 0.15) is 0 Å². The van der Waals surface area contributed by atoms with Crippen LogP contribution in [0.4, 0.5) is 5.95 Å². The monoisotopic (exact) mass is 182 g/mol. The third-order valence-corrected chi connectivity index (χ3v) is 1.75. The molecule has 0 amide bonds. The maximum Gasteiger partial charge on any atom is 0.288 e. The fourth-order valence-corrected chi connectivity index (χ4v) is 1.15. The van der Waals surface area contributed by atoms with Crippen LogP contribution >= 0.6 is 0 Å². The number of aliphatic imine (C=N–C) groups is 1. The predicted molar refractivity (Wildman–Crippen MR) is 40.2 cm³/mol. The van der Waals surface area contributed by atoms with Crippen LogP contribution in [0, 0.1) is 0 Å². The number of tetrazole rings is 1. The molecule has 2 heterocycles. The zero-order valence-corrected chi connectivity index (χ0v) is 6.80. The van der Waals surface area contributed by atoms with E-state index in [0.29, 0.717) is 6.61 Å². The molecule has 0 bridgehead atoms. The summed E-state index contributed by atoms with van der Waals surface area (Å²) in [5, 5.41) is 23.9. The van der Waals surface area contributed by atoms with Gasteiger partial charge >= 0.3 is 0 Å². The summed E-state index contributed by atoms with van der Waals surface area (Å²) in [6.45, 7) is 0.623. The largest absolute Gasteiger partial charge is 0.860 e. The van der Waals surface area contributed by atoms with Crippen molar-refractivity contribution >= 4 is 11.8 Å². The van der Waals surface area contributed by atoms with Gasteiger partial charge in [-0.05, 0) is 24.0 Å². The molecule has 0 aromatic carbocycles. The lowest BCUT2D eigenvalue weighted by molar-refractivity contribution is -0.228. The second kappa shape index (κ2) is 3.48. The standard InChI is InChI=1S/C6H9N5O2/c12-5(4-2-1-3-13-4)7-6-8-10-11-9-6/h4H,1-3H2,(H2,7,8,9,10,11,12)/p-1/t4-/m0/s1. The van der Waals surface area contributed by atoms with Crippen molar-refractivity contribution in [1.29, 1.82) is 0 Å². The van der Waals surface area contributed by atoms with Gasteiger partial charge in [-0.25, -0.2) is 4.99 Å². The summed E-state index contributed by atoms with van der Waals surface area (Å²) in [4.78, 5) is 3.62. The third-order valence-electron chi connectivity index (χ3n) is 1.75. The predicted octanol–water partition coefficient (Wildman–Crippen LogP) is -1.23. The molecule has 7 heteroatoms. The fourth-order valence-electron chi connectivity index (χ4n) is 1.15. The molecular weight excluding hydrogens is 174 g/mol. The van der Waals surface area contributed by atoms with Crippen molar-refractivity contribution in [2.75, 3.05) is 6.61 Å². The number of H-pyrrole nitrogens is 1. The average Bonchev–Trinajstić information content (AvgIpc) is 2.74. The first-order valence-electron chi connectivity index (χ1n) is 3.97. The fraction of sp³-hybridized carbons (Fsp3) is 0.667. The van der Waals surface area contributed by atoms with Gasteiger partial charge in [-0.2, -0.15) is 5.21 Å². The van der Waals surface area contributed by atoms with Crippen LogP contribution in [0.5, 0.6) is 0 Å². The van der Waals surface area contributed by atoms with Crippen LogP contribution < -0.4 is 5.11 Å². The molecule has 0 aliphatic carbocycles. The molecule has 0 saturated carbocycles. The summed E-state index contributed by atoms with van der Waals surface area (Å²) in [7, 11) is 0. The number of ether oxygens (including phenoxy) is 1. The number of nitrogens with zero attached hydrogens (tertiary/aromatic N) is 4. The van der Waals surface area contributed by atoms with E-state index in [0.717, 1.165) is 12.8 Å². The van der Waals surface area contributed by atoms with Crippen molar-refractivity contribution in [1.82, 2.24) is 20.6 Å². The molecule has 0 unspecified atom stereocenters. The van der Waals surface area contributed by atoms with Crippen molar-refractivity contribution in [2.45, 2.75) is 18.9 Å².